The molecule has 0 atom stereocenters. The van der Waals surface area contributed by atoms with Crippen molar-refractivity contribution in [2.75, 3.05) is 10.6 Å². The normalized spacial score (nSPS) is 10.6. The Hall–Kier alpha value is -2.11. The smallest absolute Gasteiger partial charge is 0.308 e. The Morgan fingerprint density at radius 2 is 2.00 bits per heavy atom. The van der Waals surface area contributed by atoms with E-state index in [9.17, 15) is 4.79 Å². The molecule has 2 amide bonds. The summed E-state index contributed by atoms with van der Waals surface area (Å²) in [5.74, 6) is 0. The summed E-state index contributed by atoms with van der Waals surface area (Å²) in [5.41, 5.74) is 2.48. The molecule has 0 saturated carbocycles. The molecular formula is C15H12ClN3OS. The first kappa shape index (κ1) is 13.9. The Kier molecular flexibility index (Phi) is 3.77. The van der Waals surface area contributed by atoms with Crippen LogP contribution in [0.3, 0.4) is 0 Å². The van der Waals surface area contributed by atoms with Gasteiger partial charge in [-0.05, 0) is 36.8 Å². The number of halogens is 1. The van der Waals surface area contributed by atoms with E-state index in [4.69, 9.17) is 11.6 Å². The topological polar surface area (TPSA) is 54.0 Å². The van der Waals surface area contributed by atoms with Crippen LogP contribution in [0.15, 0.2) is 42.5 Å². The van der Waals surface area contributed by atoms with Gasteiger partial charge >= 0.3 is 6.03 Å². The monoisotopic (exact) mass is 317 g/mol. The minimum atomic E-state index is -0.339. The van der Waals surface area contributed by atoms with Gasteiger partial charge in [-0.3, -0.25) is 5.32 Å². The van der Waals surface area contributed by atoms with E-state index in [-0.39, 0.29) is 6.03 Å². The molecule has 3 rings (SSSR count). The van der Waals surface area contributed by atoms with Gasteiger partial charge in [0.15, 0.2) is 5.13 Å². The lowest BCUT2D eigenvalue weighted by molar-refractivity contribution is 0.262. The van der Waals surface area contributed by atoms with Gasteiger partial charge in [0.05, 0.1) is 10.2 Å². The molecule has 6 heteroatoms. The third-order valence-corrected chi connectivity index (χ3v) is 4.30. The standard InChI is InChI=1S/C15H12ClN3OS/c1-9-6-7-10(8-11(9)16)17-14(20)19-15-18-12-4-2-3-5-13(12)21-15/h2-8H,1H3,(H2,17,18,19,20). The molecule has 0 aliphatic carbocycles. The SMILES string of the molecule is Cc1ccc(NC(=O)Nc2nc3ccccc3s2)cc1Cl. The van der Waals surface area contributed by atoms with Crippen LogP contribution in [0.1, 0.15) is 5.56 Å². The van der Waals surface area contributed by atoms with Crippen LogP contribution in [0.4, 0.5) is 15.6 Å². The summed E-state index contributed by atoms with van der Waals surface area (Å²) in [6.45, 7) is 1.91. The Bertz CT molecular complexity index is 783. The van der Waals surface area contributed by atoms with Crippen LogP contribution in [0.25, 0.3) is 10.2 Å². The highest BCUT2D eigenvalue weighted by molar-refractivity contribution is 7.22. The van der Waals surface area contributed by atoms with Crippen LogP contribution < -0.4 is 10.6 Å². The van der Waals surface area contributed by atoms with Crippen molar-refractivity contribution in [2.24, 2.45) is 0 Å². The number of benzene rings is 2. The zero-order chi connectivity index (χ0) is 14.8. The number of nitrogens with zero attached hydrogens (tertiary/aromatic N) is 1. The zero-order valence-corrected chi connectivity index (χ0v) is 12.8. The number of carbonyl (C=O) groups excluding carboxylic acids is 1. The predicted octanol–water partition coefficient (Wildman–Crippen LogP) is 4.90. The average molecular weight is 318 g/mol. The van der Waals surface area contributed by atoms with Gasteiger partial charge in [-0.1, -0.05) is 41.1 Å². The van der Waals surface area contributed by atoms with E-state index in [1.54, 1.807) is 12.1 Å². The maximum absolute atomic E-state index is 12.0. The van der Waals surface area contributed by atoms with Crippen molar-refractivity contribution in [2.45, 2.75) is 6.92 Å². The van der Waals surface area contributed by atoms with E-state index in [0.717, 1.165) is 15.8 Å². The van der Waals surface area contributed by atoms with Crippen molar-refractivity contribution in [3.05, 3.63) is 53.1 Å². The van der Waals surface area contributed by atoms with Crippen molar-refractivity contribution >= 4 is 50.0 Å². The highest BCUT2D eigenvalue weighted by Gasteiger charge is 2.08. The summed E-state index contributed by atoms with van der Waals surface area (Å²) in [4.78, 5) is 16.3. The van der Waals surface area contributed by atoms with E-state index in [2.05, 4.69) is 15.6 Å². The molecule has 1 heterocycles. The van der Waals surface area contributed by atoms with E-state index < -0.39 is 0 Å². The van der Waals surface area contributed by atoms with Gasteiger partial charge < -0.3 is 5.32 Å². The number of carbonyl (C=O) groups is 1. The molecule has 0 fully saturated rings. The van der Waals surface area contributed by atoms with Crippen LogP contribution in [-0.4, -0.2) is 11.0 Å². The van der Waals surface area contributed by atoms with Crippen molar-refractivity contribution in [3.8, 4) is 0 Å². The summed E-state index contributed by atoms with van der Waals surface area (Å²) in [5, 5.41) is 6.64. The third-order valence-electron chi connectivity index (χ3n) is 2.94. The van der Waals surface area contributed by atoms with Gasteiger partial charge in [-0.15, -0.1) is 0 Å². The van der Waals surface area contributed by atoms with Crippen LogP contribution in [-0.2, 0) is 0 Å². The van der Waals surface area contributed by atoms with E-state index in [1.165, 1.54) is 11.3 Å². The summed E-state index contributed by atoms with van der Waals surface area (Å²) in [7, 11) is 0. The first-order chi connectivity index (χ1) is 10.1. The molecule has 2 aromatic carbocycles. The Morgan fingerprint density at radius 1 is 1.19 bits per heavy atom. The lowest BCUT2D eigenvalue weighted by Gasteiger charge is -2.06. The maximum atomic E-state index is 12.0. The van der Waals surface area contributed by atoms with Crippen molar-refractivity contribution < 1.29 is 4.79 Å². The predicted molar refractivity (Wildman–Crippen MR) is 88.5 cm³/mol. The summed E-state index contributed by atoms with van der Waals surface area (Å²) in [6, 6.07) is 12.8. The van der Waals surface area contributed by atoms with Crippen molar-refractivity contribution in [3.63, 3.8) is 0 Å². The second-order valence-corrected chi connectivity index (χ2v) is 5.97. The molecule has 1 aromatic heterocycles. The number of nitrogens with one attached hydrogen (secondary N) is 2. The van der Waals surface area contributed by atoms with Crippen LogP contribution in [0.2, 0.25) is 5.02 Å². The Balaban J connectivity index is 1.72. The van der Waals surface area contributed by atoms with Gasteiger partial charge in [-0.25, -0.2) is 9.78 Å². The summed E-state index contributed by atoms with van der Waals surface area (Å²) in [6.07, 6.45) is 0. The number of amides is 2. The number of aromatic nitrogens is 1. The first-order valence-electron chi connectivity index (χ1n) is 6.31. The van der Waals surface area contributed by atoms with Gasteiger partial charge in [-0.2, -0.15) is 0 Å². The highest BCUT2D eigenvalue weighted by Crippen LogP contribution is 2.25. The zero-order valence-electron chi connectivity index (χ0n) is 11.2. The lowest BCUT2D eigenvalue weighted by Crippen LogP contribution is -2.19. The average Bonchev–Trinajstić information content (AvgIpc) is 2.84. The first-order valence-corrected chi connectivity index (χ1v) is 7.51. The molecule has 0 unspecified atom stereocenters. The van der Waals surface area contributed by atoms with Gasteiger partial charge in [0.25, 0.3) is 0 Å². The molecule has 0 radical (unpaired) electrons. The fraction of sp³-hybridized carbons (Fsp3) is 0.0667. The third kappa shape index (κ3) is 3.15. The van der Waals surface area contributed by atoms with E-state index in [1.807, 2.05) is 37.3 Å². The number of urea groups is 1. The molecule has 3 aromatic rings. The molecule has 2 N–H and O–H groups in total. The molecule has 0 saturated heterocycles. The number of para-hydroxylation sites is 1. The quantitative estimate of drug-likeness (QED) is 0.706. The largest absolute Gasteiger partial charge is 0.325 e. The molecule has 0 aliphatic rings. The second kappa shape index (κ2) is 5.71. The minimum absolute atomic E-state index is 0.339. The van der Waals surface area contributed by atoms with Gasteiger partial charge in [0.2, 0.25) is 0 Å². The van der Waals surface area contributed by atoms with Crippen LogP contribution in [0, 0.1) is 6.92 Å². The van der Waals surface area contributed by atoms with Gasteiger partial charge in [0, 0.05) is 10.7 Å². The number of rotatable bonds is 2. The second-order valence-electron chi connectivity index (χ2n) is 4.53. The number of hydrogen-bond donors (Lipinski definition) is 2. The summed E-state index contributed by atoms with van der Waals surface area (Å²) >= 11 is 7.46. The number of anilines is 2. The molecule has 0 aliphatic heterocycles. The van der Waals surface area contributed by atoms with Crippen molar-refractivity contribution in [1.29, 1.82) is 0 Å². The highest BCUT2D eigenvalue weighted by atomic mass is 35.5. The Morgan fingerprint density at radius 3 is 2.76 bits per heavy atom. The fourth-order valence-corrected chi connectivity index (χ4v) is 2.90. The lowest BCUT2D eigenvalue weighted by atomic mass is 10.2. The molecule has 106 valence electrons. The van der Waals surface area contributed by atoms with E-state index in [0.29, 0.717) is 15.8 Å². The van der Waals surface area contributed by atoms with Gasteiger partial charge in [0.1, 0.15) is 0 Å². The summed E-state index contributed by atoms with van der Waals surface area (Å²) < 4.78 is 1.03. The molecule has 0 bridgehead atoms. The Labute approximate surface area is 130 Å². The molecule has 0 spiro atoms. The van der Waals surface area contributed by atoms with E-state index >= 15 is 0 Å². The molecule has 21 heavy (non-hydrogen) atoms. The maximum Gasteiger partial charge on any atom is 0.325 e. The number of aryl methyl sites for hydroxylation is 1. The number of thiazole rings is 1. The van der Waals surface area contributed by atoms with Crippen LogP contribution in [0.5, 0.6) is 0 Å². The number of hydrogen-bond acceptors (Lipinski definition) is 3. The van der Waals surface area contributed by atoms with Crippen LogP contribution >= 0.6 is 22.9 Å². The molecular weight excluding hydrogens is 306 g/mol. The fourth-order valence-electron chi connectivity index (χ4n) is 1.86. The van der Waals surface area contributed by atoms with Crippen molar-refractivity contribution in [1.82, 2.24) is 4.98 Å². The number of fused-ring (bicyclic) bond motifs is 1. The molecule has 4 nitrogen and oxygen atoms in total. The minimum Gasteiger partial charge on any atom is -0.308 e.